The summed E-state index contributed by atoms with van der Waals surface area (Å²) in [6, 6.07) is 11.2. The first-order valence-electron chi connectivity index (χ1n) is 5.46. The van der Waals surface area contributed by atoms with Gasteiger partial charge in [-0.25, -0.2) is 4.39 Å². The van der Waals surface area contributed by atoms with Crippen molar-refractivity contribution in [2.45, 2.75) is 6.04 Å². The molecule has 2 aromatic rings. The van der Waals surface area contributed by atoms with Gasteiger partial charge in [0.15, 0.2) is 0 Å². The molecule has 94 valence electrons. The maximum Gasteiger partial charge on any atom is 0.124 e. The summed E-state index contributed by atoms with van der Waals surface area (Å²) in [5.74, 6) is 0.391. The van der Waals surface area contributed by atoms with Crippen molar-refractivity contribution in [2.75, 3.05) is 7.11 Å². The van der Waals surface area contributed by atoms with E-state index >= 15 is 0 Å². The van der Waals surface area contributed by atoms with Gasteiger partial charge in [0.05, 0.1) is 13.2 Å². The number of rotatable bonds is 3. The molecule has 0 saturated carbocycles. The highest BCUT2D eigenvalue weighted by Gasteiger charge is 2.13. The molecule has 2 rings (SSSR count). The molecule has 18 heavy (non-hydrogen) atoms. The van der Waals surface area contributed by atoms with E-state index in [1.807, 2.05) is 24.3 Å². The van der Waals surface area contributed by atoms with Crippen LogP contribution in [0.1, 0.15) is 17.2 Å². The number of hydrogen-bond acceptors (Lipinski definition) is 2. The van der Waals surface area contributed by atoms with Crippen molar-refractivity contribution in [3.63, 3.8) is 0 Å². The molecule has 0 spiro atoms. The fourth-order valence-corrected chi connectivity index (χ4v) is 2.03. The van der Waals surface area contributed by atoms with Crippen LogP contribution >= 0.6 is 11.6 Å². The van der Waals surface area contributed by atoms with E-state index in [0.717, 1.165) is 11.3 Å². The number of benzene rings is 2. The molecule has 0 amide bonds. The number of methoxy groups -OCH3 is 1. The Morgan fingerprint density at radius 2 is 1.83 bits per heavy atom. The second kappa shape index (κ2) is 5.38. The molecule has 2 N–H and O–H groups in total. The van der Waals surface area contributed by atoms with E-state index in [9.17, 15) is 4.39 Å². The van der Waals surface area contributed by atoms with Gasteiger partial charge in [-0.3, -0.25) is 0 Å². The van der Waals surface area contributed by atoms with E-state index in [1.54, 1.807) is 13.2 Å². The van der Waals surface area contributed by atoms with Crippen LogP contribution in [0, 0.1) is 5.82 Å². The average Bonchev–Trinajstić information content (AvgIpc) is 2.38. The summed E-state index contributed by atoms with van der Waals surface area (Å²) < 4.78 is 18.0. The van der Waals surface area contributed by atoms with Gasteiger partial charge in [0.2, 0.25) is 0 Å². The van der Waals surface area contributed by atoms with Crippen LogP contribution in [0.5, 0.6) is 5.75 Å². The van der Waals surface area contributed by atoms with Gasteiger partial charge in [-0.1, -0.05) is 29.8 Å². The molecule has 0 heterocycles. The minimum Gasteiger partial charge on any atom is -0.497 e. The third-order valence-electron chi connectivity index (χ3n) is 2.77. The number of halogens is 2. The van der Waals surface area contributed by atoms with E-state index in [-0.39, 0.29) is 11.9 Å². The fourth-order valence-electron chi connectivity index (χ4n) is 1.74. The van der Waals surface area contributed by atoms with E-state index in [4.69, 9.17) is 22.1 Å². The summed E-state index contributed by atoms with van der Waals surface area (Å²) in [4.78, 5) is 0. The van der Waals surface area contributed by atoms with E-state index in [0.29, 0.717) is 10.6 Å². The molecule has 0 aliphatic rings. The van der Waals surface area contributed by atoms with Gasteiger partial charge in [0.25, 0.3) is 0 Å². The normalized spacial score (nSPS) is 12.2. The predicted molar refractivity (Wildman–Crippen MR) is 70.4 cm³/mol. The average molecular weight is 266 g/mol. The fraction of sp³-hybridized carbons (Fsp3) is 0.143. The van der Waals surface area contributed by atoms with Gasteiger partial charge < -0.3 is 10.5 Å². The second-order valence-electron chi connectivity index (χ2n) is 3.92. The van der Waals surface area contributed by atoms with Crippen LogP contribution < -0.4 is 10.5 Å². The largest absolute Gasteiger partial charge is 0.497 e. The lowest BCUT2D eigenvalue weighted by Crippen LogP contribution is -2.12. The Balaban J connectivity index is 2.31. The van der Waals surface area contributed by atoms with Crippen LogP contribution in [-0.4, -0.2) is 7.11 Å². The molecular formula is C14H13ClFNO. The summed E-state index contributed by atoms with van der Waals surface area (Å²) in [7, 11) is 1.60. The van der Waals surface area contributed by atoms with Crippen molar-refractivity contribution in [1.82, 2.24) is 0 Å². The lowest BCUT2D eigenvalue weighted by atomic mass is 9.99. The predicted octanol–water partition coefficient (Wildman–Crippen LogP) is 3.54. The topological polar surface area (TPSA) is 35.2 Å². The first kappa shape index (κ1) is 12.9. The van der Waals surface area contributed by atoms with Crippen molar-refractivity contribution in [3.8, 4) is 5.75 Å². The molecule has 2 aromatic carbocycles. The molecule has 1 unspecified atom stereocenters. The SMILES string of the molecule is COc1ccc(C(N)c2ccc(F)cc2Cl)cc1. The first-order valence-corrected chi connectivity index (χ1v) is 5.84. The van der Waals surface area contributed by atoms with Gasteiger partial charge in [0.1, 0.15) is 11.6 Å². The highest BCUT2D eigenvalue weighted by Crippen LogP contribution is 2.28. The smallest absolute Gasteiger partial charge is 0.124 e. The first-order chi connectivity index (χ1) is 8.61. The standard InChI is InChI=1S/C14H13ClFNO/c1-18-11-5-2-9(3-6-11)14(17)12-7-4-10(16)8-13(12)15/h2-8,14H,17H2,1H3. The van der Waals surface area contributed by atoms with Crippen molar-refractivity contribution < 1.29 is 9.13 Å². The van der Waals surface area contributed by atoms with Crippen molar-refractivity contribution in [1.29, 1.82) is 0 Å². The third-order valence-corrected chi connectivity index (χ3v) is 3.10. The molecule has 0 aromatic heterocycles. The summed E-state index contributed by atoms with van der Waals surface area (Å²) in [6.45, 7) is 0. The Labute approximate surface area is 110 Å². The molecule has 0 aliphatic carbocycles. The Morgan fingerprint density at radius 1 is 1.17 bits per heavy atom. The highest BCUT2D eigenvalue weighted by molar-refractivity contribution is 6.31. The zero-order valence-corrected chi connectivity index (χ0v) is 10.6. The summed E-state index contributed by atoms with van der Waals surface area (Å²) >= 11 is 5.99. The Morgan fingerprint density at radius 3 is 2.39 bits per heavy atom. The van der Waals surface area contributed by atoms with Gasteiger partial charge >= 0.3 is 0 Å². The minimum absolute atomic E-state index is 0.332. The minimum atomic E-state index is -0.385. The number of hydrogen-bond donors (Lipinski definition) is 1. The van der Waals surface area contributed by atoms with Crippen LogP contribution in [0.15, 0.2) is 42.5 Å². The summed E-state index contributed by atoms with van der Waals surface area (Å²) in [5.41, 5.74) is 7.70. The van der Waals surface area contributed by atoms with Gasteiger partial charge in [-0.05, 0) is 35.4 Å². The monoisotopic (exact) mass is 265 g/mol. The molecule has 0 fully saturated rings. The van der Waals surface area contributed by atoms with Crippen LogP contribution in [0.3, 0.4) is 0 Å². The van der Waals surface area contributed by atoms with Crippen molar-refractivity contribution in [2.24, 2.45) is 5.73 Å². The zero-order valence-electron chi connectivity index (χ0n) is 9.86. The molecule has 0 radical (unpaired) electrons. The molecule has 0 saturated heterocycles. The van der Waals surface area contributed by atoms with E-state index < -0.39 is 0 Å². The van der Waals surface area contributed by atoms with Gasteiger partial charge in [-0.2, -0.15) is 0 Å². The molecule has 4 heteroatoms. The van der Waals surface area contributed by atoms with Gasteiger partial charge in [-0.15, -0.1) is 0 Å². The molecular weight excluding hydrogens is 253 g/mol. The second-order valence-corrected chi connectivity index (χ2v) is 4.32. The van der Waals surface area contributed by atoms with Crippen LogP contribution in [0.4, 0.5) is 4.39 Å². The summed E-state index contributed by atoms with van der Waals surface area (Å²) in [5, 5.41) is 0.332. The number of ether oxygens (including phenoxy) is 1. The Hall–Kier alpha value is -1.58. The lowest BCUT2D eigenvalue weighted by molar-refractivity contribution is 0.414. The van der Waals surface area contributed by atoms with Crippen LogP contribution in [0.25, 0.3) is 0 Å². The molecule has 0 aliphatic heterocycles. The quantitative estimate of drug-likeness (QED) is 0.921. The molecule has 2 nitrogen and oxygen atoms in total. The maximum atomic E-state index is 13.0. The van der Waals surface area contributed by atoms with E-state index in [2.05, 4.69) is 0 Å². The Bertz CT molecular complexity index is 542. The summed E-state index contributed by atoms with van der Waals surface area (Å²) in [6.07, 6.45) is 0. The lowest BCUT2D eigenvalue weighted by Gasteiger charge is -2.14. The van der Waals surface area contributed by atoms with Crippen molar-refractivity contribution in [3.05, 3.63) is 64.4 Å². The molecule has 1 atom stereocenters. The number of nitrogens with two attached hydrogens (primary N) is 1. The van der Waals surface area contributed by atoms with Crippen molar-refractivity contribution >= 4 is 11.6 Å². The van der Waals surface area contributed by atoms with Crippen LogP contribution in [0.2, 0.25) is 5.02 Å². The highest BCUT2D eigenvalue weighted by atomic mass is 35.5. The molecule has 0 bridgehead atoms. The maximum absolute atomic E-state index is 13.0. The zero-order chi connectivity index (χ0) is 13.1. The third kappa shape index (κ3) is 2.63. The van der Waals surface area contributed by atoms with Crippen LogP contribution in [-0.2, 0) is 0 Å². The van der Waals surface area contributed by atoms with Gasteiger partial charge in [0, 0.05) is 5.02 Å². The Kier molecular flexibility index (Phi) is 3.84. The van der Waals surface area contributed by atoms with E-state index in [1.165, 1.54) is 12.1 Å².